The maximum atomic E-state index is 12.8. The van der Waals surface area contributed by atoms with Gasteiger partial charge in [-0.1, -0.05) is 19.9 Å². The van der Waals surface area contributed by atoms with Crippen molar-refractivity contribution < 1.29 is 22.4 Å². The molecule has 1 aromatic carbocycles. The quantitative estimate of drug-likeness (QED) is 0.749. The number of ketones is 1. The fourth-order valence-corrected chi connectivity index (χ4v) is 6.09. The van der Waals surface area contributed by atoms with Gasteiger partial charge < -0.3 is 9.73 Å². The SMILES string of the molecule is CC1(C)CC(=O)c2cc(S(=O)(=O)NC(=O)Nc3c4c(cc5c3CCC5)CCC4)oc2C1. The molecule has 0 bridgehead atoms. The van der Waals surface area contributed by atoms with E-state index < -0.39 is 21.1 Å². The van der Waals surface area contributed by atoms with Gasteiger partial charge >= 0.3 is 6.03 Å². The molecule has 31 heavy (non-hydrogen) atoms. The topological polar surface area (TPSA) is 105 Å². The van der Waals surface area contributed by atoms with Crippen LogP contribution in [0.5, 0.6) is 0 Å². The minimum atomic E-state index is -4.24. The molecular formula is C23H26N2O5S. The lowest BCUT2D eigenvalue weighted by Gasteiger charge is -2.26. The van der Waals surface area contributed by atoms with Crippen molar-refractivity contribution in [3.05, 3.63) is 45.7 Å². The zero-order valence-corrected chi connectivity index (χ0v) is 18.6. The van der Waals surface area contributed by atoms with Crippen molar-refractivity contribution in [2.24, 2.45) is 5.41 Å². The molecule has 0 aliphatic heterocycles. The zero-order valence-electron chi connectivity index (χ0n) is 17.8. The molecule has 8 heteroatoms. The Kier molecular flexibility index (Phi) is 4.55. The Labute approximate surface area is 181 Å². The van der Waals surface area contributed by atoms with Crippen molar-refractivity contribution in [1.82, 2.24) is 4.72 Å². The van der Waals surface area contributed by atoms with Gasteiger partial charge in [0.05, 0.1) is 5.56 Å². The molecule has 1 heterocycles. The number of benzene rings is 1. The van der Waals surface area contributed by atoms with E-state index in [0.29, 0.717) is 24.2 Å². The van der Waals surface area contributed by atoms with Crippen molar-refractivity contribution in [3.8, 4) is 0 Å². The Morgan fingerprint density at radius 3 is 2.29 bits per heavy atom. The number of hydrogen-bond donors (Lipinski definition) is 2. The second-order valence-electron chi connectivity index (χ2n) is 9.64. The average molecular weight is 443 g/mol. The van der Waals surface area contributed by atoms with Crippen molar-refractivity contribution in [1.29, 1.82) is 0 Å². The van der Waals surface area contributed by atoms with Crippen LogP contribution in [0.2, 0.25) is 0 Å². The summed E-state index contributed by atoms with van der Waals surface area (Å²) in [7, 11) is -4.24. The Balaban J connectivity index is 1.39. The molecule has 0 saturated heterocycles. The van der Waals surface area contributed by atoms with Gasteiger partial charge in [0.2, 0.25) is 5.09 Å². The standard InChI is InChI=1S/C23H26N2O5S/c1-23(2)11-18(26)17-10-20(30-19(17)12-23)31(28,29)25-22(27)24-21-15-7-3-5-13(15)9-14-6-4-8-16(14)21/h9-10H,3-8,11-12H2,1-2H3,(H2,24,25,27). The number of Topliss-reactive ketones (excluding diaryl/α,β-unsaturated/α-hetero) is 1. The number of hydrogen-bond acceptors (Lipinski definition) is 5. The van der Waals surface area contributed by atoms with E-state index in [4.69, 9.17) is 4.42 Å². The lowest BCUT2D eigenvalue weighted by molar-refractivity contribution is 0.0902. The largest absolute Gasteiger partial charge is 0.447 e. The summed E-state index contributed by atoms with van der Waals surface area (Å²) in [6, 6.07) is 2.67. The first-order valence-corrected chi connectivity index (χ1v) is 12.3. The van der Waals surface area contributed by atoms with Gasteiger partial charge in [-0.25, -0.2) is 9.52 Å². The number of rotatable bonds is 3. The van der Waals surface area contributed by atoms with E-state index in [9.17, 15) is 18.0 Å². The zero-order chi connectivity index (χ0) is 22.0. The van der Waals surface area contributed by atoms with Crippen LogP contribution in [0.3, 0.4) is 0 Å². The maximum Gasteiger partial charge on any atom is 0.333 e. The molecule has 0 saturated carbocycles. The third-order valence-corrected chi connectivity index (χ3v) is 7.75. The lowest BCUT2D eigenvalue weighted by atomic mass is 9.77. The number of furan rings is 1. The predicted molar refractivity (Wildman–Crippen MR) is 115 cm³/mol. The van der Waals surface area contributed by atoms with E-state index >= 15 is 0 Å². The molecule has 2 amide bonds. The third-order valence-electron chi connectivity index (χ3n) is 6.57. The number of carbonyl (C=O) groups excluding carboxylic acids is 2. The number of nitrogens with one attached hydrogen (secondary N) is 2. The first-order chi connectivity index (χ1) is 14.6. The van der Waals surface area contributed by atoms with Crippen LogP contribution in [0.1, 0.15) is 71.5 Å². The Morgan fingerprint density at radius 2 is 1.65 bits per heavy atom. The van der Waals surface area contributed by atoms with Gasteiger partial charge in [0.25, 0.3) is 10.0 Å². The van der Waals surface area contributed by atoms with Gasteiger partial charge in [-0.3, -0.25) is 4.79 Å². The second-order valence-corrected chi connectivity index (χ2v) is 11.3. The van der Waals surface area contributed by atoms with E-state index in [1.54, 1.807) is 0 Å². The minimum absolute atomic E-state index is 0.142. The van der Waals surface area contributed by atoms with Crippen molar-refractivity contribution >= 4 is 27.5 Å². The van der Waals surface area contributed by atoms with Gasteiger partial charge in [0.15, 0.2) is 5.78 Å². The summed E-state index contributed by atoms with van der Waals surface area (Å²) in [6.45, 7) is 3.87. The average Bonchev–Trinajstić information content (AvgIpc) is 3.38. The van der Waals surface area contributed by atoms with Gasteiger partial charge in [-0.2, -0.15) is 8.42 Å². The molecule has 2 aromatic rings. The van der Waals surface area contributed by atoms with Gasteiger partial charge in [0, 0.05) is 24.6 Å². The van der Waals surface area contributed by atoms with Gasteiger partial charge in [-0.15, -0.1) is 0 Å². The molecule has 0 radical (unpaired) electrons. The van der Waals surface area contributed by atoms with Crippen LogP contribution >= 0.6 is 0 Å². The number of amides is 2. The first-order valence-electron chi connectivity index (χ1n) is 10.8. The third kappa shape index (κ3) is 3.56. The van der Waals surface area contributed by atoms with Gasteiger partial charge in [0.1, 0.15) is 5.76 Å². The summed E-state index contributed by atoms with van der Waals surface area (Å²) in [5.41, 5.74) is 5.51. The monoisotopic (exact) mass is 442 g/mol. The highest BCUT2D eigenvalue weighted by molar-refractivity contribution is 7.89. The Bertz CT molecular complexity index is 1190. The van der Waals surface area contributed by atoms with E-state index in [2.05, 4.69) is 16.1 Å². The van der Waals surface area contributed by atoms with Crippen molar-refractivity contribution in [2.45, 2.75) is 70.3 Å². The van der Waals surface area contributed by atoms with Crippen LogP contribution in [0.4, 0.5) is 10.5 Å². The van der Waals surface area contributed by atoms with Crippen molar-refractivity contribution in [2.75, 3.05) is 5.32 Å². The summed E-state index contributed by atoms with van der Waals surface area (Å²) in [5, 5.41) is 2.41. The summed E-state index contributed by atoms with van der Waals surface area (Å²) in [4.78, 5) is 25.1. The summed E-state index contributed by atoms with van der Waals surface area (Å²) >= 11 is 0. The minimum Gasteiger partial charge on any atom is -0.447 e. The molecule has 2 N–H and O–H groups in total. The van der Waals surface area contributed by atoms with Crippen LogP contribution in [-0.2, 0) is 42.1 Å². The molecular weight excluding hydrogens is 416 g/mol. The van der Waals surface area contributed by atoms with E-state index in [1.165, 1.54) is 17.2 Å². The van der Waals surface area contributed by atoms with Crippen LogP contribution in [0.25, 0.3) is 0 Å². The van der Waals surface area contributed by atoms with E-state index in [-0.39, 0.29) is 11.2 Å². The molecule has 7 nitrogen and oxygen atoms in total. The summed E-state index contributed by atoms with van der Waals surface area (Å²) in [5.74, 6) is 0.219. The molecule has 0 spiro atoms. The first kappa shape index (κ1) is 20.3. The Morgan fingerprint density at radius 1 is 1.00 bits per heavy atom. The Hall–Kier alpha value is -2.61. The summed E-state index contributed by atoms with van der Waals surface area (Å²) in [6.07, 6.45) is 6.61. The maximum absolute atomic E-state index is 12.8. The molecule has 5 rings (SSSR count). The smallest absolute Gasteiger partial charge is 0.333 e. The predicted octanol–water partition coefficient (Wildman–Crippen LogP) is 3.92. The fourth-order valence-electron chi connectivity index (χ4n) is 5.21. The fraction of sp³-hybridized carbons (Fsp3) is 0.478. The van der Waals surface area contributed by atoms with E-state index in [0.717, 1.165) is 55.3 Å². The molecule has 3 aliphatic rings. The molecule has 1 aromatic heterocycles. The molecule has 0 atom stereocenters. The van der Waals surface area contributed by atoms with Crippen LogP contribution < -0.4 is 10.0 Å². The van der Waals surface area contributed by atoms with Crippen LogP contribution in [0, 0.1) is 5.41 Å². The number of urea groups is 1. The number of anilines is 1. The highest BCUT2D eigenvalue weighted by atomic mass is 32.2. The van der Waals surface area contributed by atoms with Gasteiger partial charge in [-0.05, 0) is 66.2 Å². The highest BCUT2D eigenvalue weighted by Crippen LogP contribution is 2.39. The number of fused-ring (bicyclic) bond motifs is 3. The highest BCUT2D eigenvalue weighted by Gasteiger charge is 2.36. The lowest BCUT2D eigenvalue weighted by Crippen LogP contribution is -2.34. The number of aryl methyl sites for hydroxylation is 2. The molecule has 0 unspecified atom stereocenters. The number of carbonyl (C=O) groups is 2. The van der Waals surface area contributed by atoms with E-state index in [1.807, 2.05) is 13.8 Å². The van der Waals surface area contributed by atoms with Crippen LogP contribution in [-0.4, -0.2) is 20.2 Å². The normalized spacial score (nSPS) is 19.0. The number of sulfonamides is 1. The molecule has 3 aliphatic carbocycles. The van der Waals surface area contributed by atoms with Crippen molar-refractivity contribution in [3.63, 3.8) is 0 Å². The van der Waals surface area contributed by atoms with Crippen LogP contribution in [0.15, 0.2) is 21.6 Å². The molecule has 164 valence electrons. The summed E-state index contributed by atoms with van der Waals surface area (Å²) < 4.78 is 33.2. The molecule has 0 fully saturated rings. The second kappa shape index (κ2) is 6.95.